The number of likely N-dealkylation sites (tertiary alicyclic amines) is 1. The van der Waals surface area contributed by atoms with Crippen LogP contribution in [-0.4, -0.2) is 41.6 Å². The Morgan fingerprint density at radius 2 is 2.00 bits per heavy atom. The van der Waals surface area contributed by atoms with Crippen molar-refractivity contribution in [3.63, 3.8) is 0 Å². The van der Waals surface area contributed by atoms with Crippen LogP contribution in [0.2, 0.25) is 5.02 Å². The summed E-state index contributed by atoms with van der Waals surface area (Å²) in [6.45, 7) is 0.682. The number of carbonyl (C=O) groups excluding carboxylic acids is 1. The highest BCUT2D eigenvalue weighted by Crippen LogP contribution is 2.44. The summed E-state index contributed by atoms with van der Waals surface area (Å²) < 4.78 is 5.45. The zero-order valence-electron chi connectivity index (χ0n) is 12.1. The van der Waals surface area contributed by atoms with Gasteiger partial charge in [-0.2, -0.15) is 0 Å². The van der Waals surface area contributed by atoms with Gasteiger partial charge in [0.1, 0.15) is 5.75 Å². The third kappa shape index (κ3) is 3.19. The summed E-state index contributed by atoms with van der Waals surface area (Å²) in [6, 6.07) is 6.97. The van der Waals surface area contributed by atoms with Crippen molar-refractivity contribution in [1.29, 1.82) is 0 Å². The van der Waals surface area contributed by atoms with Gasteiger partial charge in [0.25, 0.3) is 5.91 Å². The molecule has 22 heavy (non-hydrogen) atoms. The molecule has 118 valence electrons. The first-order valence-electron chi connectivity index (χ1n) is 7.44. The molecule has 1 heterocycles. The van der Waals surface area contributed by atoms with Gasteiger partial charge >= 0.3 is 5.97 Å². The van der Waals surface area contributed by atoms with Crippen molar-refractivity contribution < 1.29 is 19.4 Å². The highest BCUT2D eigenvalue weighted by Gasteiger charge is 2.46. The van der Waals surface area contributed by atoms with Gasteiger partial charge in [0.2, 0.25) is 0 Å². The molecule has 1 aliphatic carbocycles. The number of hydrogen-bond donors (Lipinski definition) is 1. The molecule has 6 heteroatoms. The fourth-order valence-electron chi connectivity index (χ4n) is 3.09. The number of rotatable bonds is 5. The van der Waals surface area contributed by atoms with E-state index in [0.717, 1.165) is 12.8 Å². The van der Waals surface area contributed by atoms with Crippen LogP contribution in [0.3, 0.4) is 0 Å². The third-order valence-electron chi connectivity index (χ3n) is 4.45. The average Bonchev–Trinajstić information content (AvgIpc) is 3.24. The molecule has 3 rings (SSSR count). The smallest absolute Gasteiger partial charge is 0.308 e. The van der Waals surface area contributed by atoms with E-state index in [0.29, 0.717) is 23.2 Å². The molecule has 2 aliphatic rings. The van der Waals surface area contributed by atoms with Crippen molar-refractivity contribution in [1.82, 2.24) is 4.90 Å². The zero-order chi connectivity index (χ0) is 15.7. The van der Waals surface area contributed by atoms with E-state index in [4.69, 9.17) is 16.3 Å². The minimum Gasteiger partial charge on any atom is -0.482 e. The maximum Gasteiger partial charge on any atom is 0.308 e. The molecule has 1 N–H and O–H groups in total. The largest absolute Gasteiger partial charge is 0.482 e. The van der Waals surface area contributed by atoms with Gasteiger partial charge in [0, 0.05) is 13.1 Å². The molecular weight excluding hydrogens is 306 g/mol. The number of carboxylic acid groups (broad SMARTS) is 1. The van der Waals surface area contributed by atoms with E-state index in [1.54, 1.807) is 29.2 Å². The lowest BCUT2D eigenvalue weighted by Gasteiger charge is -2.17. The van der Waals surface area contributed by atoms with Gasteiger partial charge in [-0.1, -0.05) is 23.7 Å². The molecule has 1 aliphatic heterocycles. The second-order valence-corrected chi connectivity index (χ2v) is 6.37. The molecular formula is C16H18ClNO4. The van der Waals surface area contributed by atoms with Gasteiger partial charge in [0.05, 0.1) is 10.9 Å². The van der Waals surface area contributed by atoms with E-state index in [1.165, 1.54) is 0 Å². The first kappa shape index (κ1) is 15.2. The second-order valence-electron chi connectivity index (χ2n) is 5.96. The van der Waals surface area contributed by atoms with Crippen molar-refractivity contribution in [3.05, 3.63) is 29.3 Å². The Morgan fingerprint density at radius 3 is 2.64 bits per heavy atom. The van der Waals surface area contributed by atoms with Crippen LogP contribution in [0.4, 0.5) is 0 Å². The molecule has 1 amide bonds. The first-order valence-corrected chi connectivity index (χ1v) is 7.82. The highest BCUT2D eigenvalue weighted by atomic mass is 35.5. The molecule has 0 radical (unpaired) electrons. The summed E-state index contributed by atoms with van der Waals surface area (Å²) in [4.78, 5) is 25.2. The lowest BCUT2D eigenvalue weighted by atomic mass is 9.92. The van der Waals surface area contributed by atoms with E-state index in [1.807, 2.05) is 0 Å². The van der Waals surface area contributed by atoms with Gasteiger partial charge in [0.15, 0.2) is 6.61 Å². The lowest BCUT2D eigenvalue weighted by molar-refractivity contribution is -0.142. The van der Waals surface area contributed by atoms with Crippen molar-refractivity contribution in [3.8, 4) is 5.75 Å². The number of para-hydroxylation sites is 1. The van der Waals surface area contributed by atoms with E-state index in [-0.39, 0.29) is 25.0 Å². The Kier molecular flexibility index (Phi) is 4.25. The van der Waals surface area contributed by atoms with Crippen LogP contribution in [0.25, 0.3) is 0 Å². The number of nitrogens with zero attached hydrogens (tertiary/aromatic N) is 1. The molecule has 5 nitrogen and oxygen atoms in total. The van der Waals surface area contributed by atoms with Crippen LogP contribution < -0.4 is 4.74 Å². The fraction of sp³-hybridized carbons (Fsp3) is 0.500. The number of carbonyl (C=O) groups is 2. The maximum absolute atomic E-state index is 12.3. The van der Waals surface area contributed by atoms with Crippen LogP contribution in [0, 0.1) is 17.8 Å². The monoisotopic (exact) mass is 323 g/mol. The number of benzene rings is 1. The van der Waals surface area contributed by atoms with Crippen molar-refractivity contribution >= 4 is 23.5 Å². The molecule has 0 unspecified atom stereocenters. The van der Waals surface area contributed by atoms with Gasteiger partial charge in [-0.3, -0.25) is 9.59 Å². The molecule has 1 aromatic carbocycles. The van der Waals surface area contributed by atoms with E-state index < -0.39 is 11.9 Å². The summed E-state index contributed by atoms with van der Waals surface area (Å²) in [5, 5.41) is 9.77. The summed E-state index contributed by atoms with van der Waals surface area (Å²) in [5.41, 5.74) is 0. The number of halogens is 1. The molecule has 0 bridgehead atoms. The quantitative estimate of drug-likeness (QED) is 0.902. The number of carboxylic acids is 1. The van der Waals surface area contributed by atoms with Crippen molar-refractivity contribution in [2.75, 3.05) is 19.7 Å². The second kappa shape index (κ2) is 6.16. The Balaban J connectivity index is 1.59. The summed E-state index contributed by atoms with van der Waals surface area (Å²) >= 11 is 5.98. The summed E-state index contributed by atoms with van der Waals surface area (Å²) in [7, 11) is 0. The Morgan fingerprint density at radius 1 is 1.27 bits per heavy atom. The van der Waals surface area contributed by atoms with Gasteiger partial charge in [-0.25, -0.2) is 0 Å². The van der Waals surface area contributed by atoms with Gasteiger partial charge < -0.3 is 14.7 Å². The molecule has 2 atom stereocenters. The predicted octanol–water partition coefficient (Wildman–Crippen LogP) is 2.29. The molecule has 1 saturated heterocycles. The Labute approximate surface area is 133 Å². The number of amides is 1. The Bertz CT molecular complexity index is 587. The normalized spacial score (nSPS) is 24.3. The SMILES string of the molecule is O=C(O)[C@H]1CN(C(=O)COc2ccccc2Cl)C[C@@H]1C1CC1. The van der Waals surface area contributed by atoms with Crippen LogP contribution in [0.5, 0.6) is 5.75 Å². The fourth-order valence-corrected chi connectivity index (χ4v) is 3.28. The van der Waals surface area contributed by atoms with Crippen LogP contribution in [0.1, 0.15) is 12.8 Å². The average molecular weight is 324 g/mol. The number of aliphatic carboxylic acids is 1. The lowest BCUT2D eigenvalue weighted by Crippen LogP contribution is -2.34. The van der Waals surface area contributed by atoms with Crippen molar-refractivity contribution in [2.45, 2.75) is 12.8 Å². The minimum atomic E-state index is -0.806. The third-order valence-corrected chi connectivity index (χ3v) is 4.76. The van der Waals surface area contributed by atoms with Crippen LogP contribution >= 0.6 is 11.6 Å². The van der Waals surface area contributed by atoms with E-state index >= 15 is 0 Å². The minimum absolute atomic E-state index is 0.0850. The standard InChI is InChI=1S/C16H18ClNO4/c17-13-3-1-2-4-14(13)22-9-15(19)18-7-11(10-5-6-10)12(8-18)16(20)21/h1-4,10-12H,5-9H2,(H,20,21)/t11-,12+/m1/s1. The zero-order valence-corrected chi connectivity index (χ0v) is 12.8. The molecule has 1 aromatic rings. The Hall–Kier alpha value is -1.75. The highest BCUT2D eigenvalue weighted by molar-refractivity contribution is 6.32. The van der Waals surface area contributed by atoms with Crippen molar-refractivity contribution in [2.24, 2.45) is 17.8 Å². The molecule has 1 saturated carbocycles. The topological polar surface area (TPSA) is 66.8 Å². The molecule has 2 fully saturated rings. The van der Waals surface area contributed by atoms with Gasteiger partial charge in [-0.05, 0) is 36.8 Å². The maximum atomic E-state index is 12.3. The molecule has 0 spiro atoms. The van der Waals surface area contributed by atoms with Crippen LogP contribution in [0.15, 0.2) is 24.3 Å². The number of hydrogen-bond acceptors (Lipinski definition) is 3. The number of ether oxygens (including phenoxy) is 1. The summed E-state index contributed by atoms with van der Waals surface area (Å²) in [6.07, 6.45) is 2.15. The van der Waals surface area contributed by atoms with E-state index in [2.05, 4.69) is 0 Å². The van der Waals surface area contributed by atoms with E-state index in [9.17, 15) is 14.7 Å². The molecule has 0 aromatic heterocycles. The summed E-state index contributed by atoms with van der Waals surface area (Å²) in [5.74, 6) is -0.430. The predicted molar refractivity (Wildman–Crippen MR) is 80.9 cm³/mol. The van der Waals surface area contributed by atoms with Gasteiger partial charge in [-0.15, -0.1) is 0 Å². The first-order chi connectivity index (χ1) is 10.6. The van der Waals surface area contributed by atoms with Crippen LogP contribution in [-0.2, 0) is 9.59 Å².